The summed E-state index contributed by atoms with van der Waals surface area (Å²) in [4.78, 5) is 0. The zero-order valence-corrected chi connectivity index (χ0v) is 12.9. The van der Waals surface area contributed by atoms with Crippen LogP contribution in [0.3, 0.4) is 0 Å². The first-order chi connectivity index (χ1) is 10.1. The number of hydrogen-bond acceptors (Lipinski definition) is 3. The standard InChI is InChI=1S/C16H26FN3O/c1-16(17,11-14-12-21-9-7-18-14)10-13-6-8-20(19-13)15-4-2-3-5-15/h6,8,14-15,18H,2-5,7,9-12H2,1H3. The maximum atomic E-state index is 14.8. The predicted octanol–water partition coefficient (Wildman–Crippen LogP) is 2.65. The van der Waals surface area contributed by atoms with Crippen molar-refractivity contribution in [1.82, 2.24) is 15.1 Å². The first-order valence-corrected chi connectivity index (χ1v) is 8.16. The zero-order valence-electron chi connectivity index (χ0n) is 12.9. The van der Waals surface area contributed by atoms with E-state index in [0.717, 1.165) is 18.8 Å². The van der Waals surface area contributed by atoms with Gasteiger partial charge in [0.1, 0.15) is 5.67 Å². The number of ether oxygens (including phenoxy) is 1. The van der Waals surface area contributed by atoms with Crippen LogP contribution in [0.2, 0.25) is 0 Å². The van der Waals surface area contributed by atoms with Gasteiger partial charge in [-0.15, -0.1) is 0 Å². The molecule has 1 saturated carbocycles. The molecule has 1 N–H and O–H groups in total. The molecule has 4 nitrogen and oxygen atoms in total. The highest BCUT2D eigenvalue weighted by Gasteiger charge is 2.30. The van der Waals surface area contributed by atoms with Gasteiger partial charge in [-0.25, -0.2) is 4.39 Å². The molecule has 1 aromatic heterocycles. The highest BCUT2D eigenvalue weighted by atomic mass is 19.1. The van der Waals surface area contributed by atoms with Crippen molar-refractivity contribution in [2.75, 3.05) is 19.8 Å². The third-order valence-electron chi connectivity index (χ3n) is 4.58. The van der Waals surface area contributed by atoms with E-state index in [1.54, 1.807) is 6.92 Å². The SMILES string of the molecule is CC(F)(Cc1ccn(C2CCCC2)n1)CC1COCCN1. The lowest BCUT2D eigenvalue weighted by Gasteiger charge is -2.29. The molecule has 0 spiro atoms. The van der Waals surface area contributed by atoms with Gasteiger partial charge in [-0.1, -0.05) is 12.8 Å². The molecule has 1 aliphatic carbocycles. The Hall–Kier alpha value is -0.940. The zero-order chi connectivity index (χ0) is 14.7. The monoisotopic (exact) mass is 295 g/mol. The Morgan fingerprint density at radius 3 is 3.00 bits per heavy atom. The summed E-state index contributed by atoms with van der Waals surface area (Å²) in [5, 5.41) is 7.92. The van der Waals surface area contributed by atoms with E-state index >= 15 is 0 Å². The molecule has 0 amide bonds. The van der Waals surface area contributed by atoms with E-state index in [1.807, 2.05) is 16.9 Å². The molecule has 21 heavy (non-hydrogen) atoms. The highest BCUT2D eigenvalue weighted by Crippen LogP contribution is 2.29. The van der Waals surface area contributed by atoms with Crippen LogP contribution in [0.1, 0.15) is 50.8 Å². The summed E-state index contributed by atoms with van der Waals surface area (Å²) in [6.45, 7) is 3.83. The molecule has 0 bridgehead atoms. The van der Waals surface area contributed by atoms with Crippen LogP contribution >= 0.6 is 0 Å². The topological polar surface area (TPSA) is 39.1 Å². The minimum atomic E-state index is -1.24. The van der Waals surface area contributed by atoms with Crippen LogP contribution in [-0.2, 0) is 11.2 Å². The molecule has 118 valence electrons. The van der Waals surface area contributed by atoms with E-state index in [2.05, 4.69) is 10.4 Å². The average molecular weight is 295 g/mol. The van der Waals surface area contributed by atoms with Crippen LogP contribution in [0.5, 0.6) is 0 Å². The van der Waals surface area contributed by atoms with Crippen molar-refractivity contribution < 1.29 is 9.13 Å². The second kappa shape index (κ2) is 6.44. The summed E-state index contributed by atoms with van der Waals surface area (Å²) >= 11 is 0. The lowest BCUT2D eigenvalue weighted by Crippen LogP contribution is -2.45. The van der Waals surface area contributed by atoms with Crippen molar-refractivity contribution in [2.24, 2.45) is 0 Å². The molecule has 0 aromatic carbocycles. The smallest absolute Gasteiger partial charge is 0.115 e. The summed E-state index contributed by atoms with van der Waals surface area (Å²) in [5.74, 6) is 0. The average Bonchev–Trinajstić information content (AvgIpc) is 3.09. The van der Waals surface area contributed by atoms with Crippen LogP contribution in [0.25, 0.3) is 0 Å². The van der Waals surface area contributed by atoms with Crippen LogP contribution < -0.4 is 5.32 Å². The van der Waals surface area contributed by atoms with Crippen molar-refractivity contribution >= 4 is 0 Å². The van der Waals surface area contributed by atoms with Crippen molar-refractivity contribution in [3.05, 3.63) is 18.0 Å². The normalized spacial score (nSPS) is 26.9. The second-order valence-corrected chi connectivity index (χ2v) is 6.75. The van der Waals surface area contributed by atoms with E-state index in [-0.39, 0.29) is 6.04 Å². The number of aromatic nitrogens is 2. The van der Waals surface area contributed by atoms with E-state index in [4.69, 9.17) is 4.74 Å². The number of morpholine rings is 1. The fourth-order valence-corrected chi connectivity index (χ4v) is 3.56. The van der Waals surface area contributed by atoms with Crippen molar-refractivity contribution in [3.8, 4) is 0 Å². The maximum absolute atomic E-state index is 14.8. The molecule has 1 aliphatic heterocycles. The van der Waals surface area contributed by atoms with Gasteiger partial charge in [0, 0.05) is 25.2 Å². The lowest BCUT2D eigenvalue weighted by atomic mass is 9.93. The van der Waals surface area contributed by atoms with E-state index in [9.17, 15) is 4.39 Å². The fraction of sp³-hybridized carbons (Fsp3) is 0.812. The summed E-state index contributed by atoms with van der Waals surface area (Å²) in [6.07, 6.45) is 7.86. The van der Waals surface area contributed by atoms with Gasteiger partial charge in [0.15, 0.2) is 0 Å². The van der Waals surface area contributed by atoms with Gasteiger partial charge in [-0.05, 0) is 32.3 Å². The predicted molar refractivity (Wildman–Crippen MR) is 80.2 cm³/mol. The number of nitrogens with one attached hydrogen (secondary N) is 1. The Labute approximate surface area is 126 Å². The van der Waals surface area contributed by atoms with Crippen LogP contribution in [0.15, 0.2) is 12.3 Å². The van der Waals surface area contributed by atoms with Gasteiger partial charge in [-0.2, -0.15) is 5.10 Å². The molecule has 1 aromatic rings. The molecule has 0 radical (unpaired) electrons. The molecule has 2 heterocycles. The molecule has 2 atom stereocenters. The molecule has 2 unspecified atom stereocenters. The van der Waals surface area contributed by atoms with Gasteiger partial charge in [0.25, 0.3) is 0 Å². The van der Waals surface area contributed by atoms with Crippen molar-refractivity contribution in [2.45, 2.75) is 63.2 Å². The summed E-state index contributed by atoms with van der Waals surface area (Å²) < 4.78 is 22.2. The molecule has 3 rings (SSSR count). The Balaban J connectivity index is 1.56. The first-order valence-electron chi connectivity index (χ1n) is 8.16. The fourth-order valence-electron chi connectivity index (χ4n) is 3.56. The van der Waals surface area contributed by atoms with Crippen LogP contribution in [-0.4, -0.2) is 41.2 Å². The maximum Gasteiger partial charge on any atom is 0.115 e. The van der Waals surface area contributed by atoms with Crippen molar-refractivity contribution in [3.63, 3.8) is 0 Å². The van der Waals surface area contributed by atoms with E-state index in [0.29, 0.717) is 25.5 Å². The molecule has 5 heteroatoms. The van der Waals surface area contributed by atoms with E-state index in [1.165, 1.54) is 25.7 Å². The lowest BCUT2D eigenvalue weighted by molar-refractivity contribution is 0.0480. The Bertz CT molecular complexity index is 448. The van der Waals surface area contributed by atoms with E-state index < -0.39 is 5.67 Å². The molecule has 2 aliphatic rings. The Morgan fingerprint density at radius 1 is 1.48 bits per heavy atom. The van der Waals surface area contributed by atoms with Crippen LogP contribution in [0.4, 0.5) is 4.39 Å². The minimum Gasteiger partial charge on any atom is -0.379 e. The second-order valence-electron chi connectivity index (χ2n) is 6.75. The Kier molecular flexibility index (Phi) is 4.60. The van der Waals surface area contributed by atoms with Gasteiger partial charge in [-0.3, -0.25) is 4.68 Å². The molecule has 2 fully saturated rings. The molecular weight excluding hydrogens is 269 g/mol. The summed E-state index contributed by atoms with van der Waals surface area (Å²) in [5.41, 5.74) is -0.378. The third kappa shape index (κ3) is 4.04. The number of hydrogen-bond donors (Lipinski definition) is 1. The first kappa shape index (κ1) is 15.0. The third-order valence-corrected chi connectivity index (χ3v) is 4.58. The summed E-state index contributed by atoms with van der Waals surface area (Å²) in [6, 6.07) is 2.62. The molecule has 1 saturated heterocycles. The van der Waals surface area contributed by atoms with Gasteiger partial charge >= 0.3 is 0 Å². The van der Waals surface area contributed by atoms with Gasteiger partial charge in [0.2, 0.25) is 0 Å². The number of nitrogens with zero attached hydrogens (tertiary/aromatic N) is 2. The Morgan fingerprint density at radius 2 is 2.29 bits per heavy atom. The number of halogens is 1. The number of rotatable bonds is 5. The highest BCUT2D eigenvalue weighted by molar-refractivity contribution is 5.05. The summed E-state index contributed by atoms with van der Waals surface area (Å²) in [7, 11) is 0. The quantitative estimate of drug-likeness (QED) is 0.907. The van der Waals surface area contributed by atoms with Crippen LogP contribution in [0, 0.1) is 0 Å². The minimum absolute atomic E-state index is 0.116. The van der Waals surface area contributed by atoms with Crippen molar-refractivity contribution in [1.29, 1.82) is 0 Å². The number of alkyl halides is 1. The molecular formula is C16H26FN3O. The van der Waals surface area contributed by atoms with Gasteiger partial charge in [0.05, 0.1) is 24.9 Å². The van der Waals surface area contributed by atoms with Gasteiger partial charge < -0.3 is 10.1 Å². The largest absolute Gasteiger partial charge is 0.379 e.